The first kappa shape index (κ1) is 42.1. The van der Waals surface area contributed by atoms with Gasteiger partial charge in [0.1, 0.15) is 23.3 Å². The van der Waals surface area contributed by atoms with E-state index in [9.17, 15) is 38.4 Å². The Balaban J connectivity index is 1.00. The van der Waals surface area contributed by atoms with Crippen molar-refractivity contribution in [2.75, 3.05) is 13.5 Å². The molecule has 16 nitrogen and oxygen atoms in total. The summed E-state index contributed by atoms with van der Waals surface area (Å²) in [6.45, 7) is 8.72. The second-order valence-corrected chi connectivity index (χ2v) is 18.0. The number of carbonyl (C=O) groups excluding carboxylic acids is 8. The predicted octanol–water partition coefficient (Wildman–Crippen LogP) is 3.52. The number of esters is 2. The Morgan fingerprint density at radius 2 is 0.883 bits per heavy atom. The number of allylic oxidation sites excluding steroid dienone is 2. The fourth-order valence-electron chi connectivity index (χ4n) is 9.42. The number of hydrogen-bond acceptors (Lipinski definition) is 12. The largest absolute Gasteiger partial charge is 0.444 e. The molecule has 2 aromatic rings. The number of hydrogen-bond donors (Lipinski definition) is 2. The number of fused-ring (bicyclic) bond motifs is 1. The Morgan fingerprint density at radius 1 is 0.550 bits per heavy atom. The third kappa shape index (κ3) is 8.36. The van der Waals surface area contributed by atoms with Crippen LogP contribution in [0.2, 0.25) is 0 Å². The number of imide groups is 2. The number of nitrogens with one attached hydrogen (secondary N) is 2. The number of carbonyl (C=O) groups is 8. The lowest BCUT2D eigenvalue weighted by Gasteiger charge is -2.60. The molecule has 10 atom stereocenters. The first-order valence-electron chi connectivity index (χ1n) is 20.1. The molecule has 0 aromatic heterocycles. The number of benzene rings is 2. The summed E-state index contributed by atoms with van der Waals surface area (Å²) in [6, 6.07) is 15.5. The van der Waals surface area contributed by atoms with Gasteiger partial charge in [-0.3, -0.25) is 19.2 Å². The van der Waals surface area contributed by atoms with E-state index in [0.717, 1.165) is 20.9 Å². The Labute approximate surface area is 347 Å². The quantitative estimate of drug-likeness (QED) is 0.137. The van der Waals surface area contributed by atoms with Gasteiger partial charge >= 0.3 is 24.1 Å². The van der Waals surface area contributed by atoms with E-state index in [1.807, 2.05) is 12.2 Å². The Hall–Kier alpha value is -6.06. The van der Waals surface area contributed by atoms with Gasteiger partial charge in [0.2, 0.25) is 23.6 Å². The molecular weight excluding hydrogens is 776 g/mol. The molecule has 8 rings (SSSR count). The molecule has 4 fully saturated rings. The van der Waals surface area contributed by atoms with Crippen molar-refractivity contribution in [2.24, 2.45) is 47.3 Å². The first-order valence-corrected chi connectivity index (χ1v) is 20.1. The standard InChI is InChI=1S/C44H50N4O12/c1-43(2,3)59-41(55)45-27(19-23-13-9-7-10-14-23)39(53)57-21-47-35(49)31-25-17-18-26(32(31)36(47)50)30-29(25)33-34(30)38(52)48(37(33)51)22-58-40(54)28(20-24-15-11-8-12-16-24)46-42(56)60-44(4,5)6/h7-18,25-34H,19-22H2,1-6H3,(H,45,55)(H,46,56)/t25-,26+,27-,28-,29-,30+,31-,32+,33-,34+/m0/s1. The molecule has 6 aliphatic rings. The highest BCUT2D eigenvalue weighted by atomic mass is 16.6. The van der Waals surface area contributed by atoms with E-state index in [2.05, 4.69) is 10.6 Å². The second-order valence-electron chi connectivity index (χ2n) is 18.0. The SMILES string of the molecule is CC(C)(C)OC(=O)N[C@@H](Cc1ccccc1)C(=O)OCN1C(=O)[C@@H]2[C@@H]3C=C[C@H]([C@@H]2C1=O)[C@@H]1[C@@H]2C(=O)N(COC(=O)[C@H](Cc4ccccc4)NC(=O)OC(C)(C)C)C(=O)[C@@H]2[C@H]31. The molecule has 318 valence electrons. The number of ether oxygens (including phenoxy) is 4. The minimum atomic E-state index is -1.19. The van der Waals surface area contributed by atoms with Gasteiger partial charge in [0, 0.05) is 12.8 Å². The van der Waals surface area contributed by atoms with Gasteiger partial charge in [-0.1, -0.05) is 72.8 Å². The predicted molar refractivity (Wildman–Crippen MR) is 209 cm³/mol. The van der Waals surface area contributed by atoms with Crippen molar-refractivity contribution in [1.29, 1.82) is 0 Å². The van der Waals surface area contributed by atoms with Gasteiger partial charge < -0.3 is 29.6 Å². The summed E-state index contributed by atoms with van der Waals surface area (Å²) in [5.74, 6) is -9.10. The molecule has 0 unspecified atom stereocenters. The fraction of sp³-hybridized carbons (Fsp3) is 0.500. The van der Waals surface area contributed by atoms with Crippen LogP contribution in [0.4, 0.5) is 9.59 Å². The van der Waals surface area contributed by atoms with Gasteiger partial charge in [-0.15, -0.1) is 0 Å². The van der Waals surface area contributed by atoms with E-state index in [1.54, 1.807) is 102 Å². The maximum Gasteiger partial charge on any atom is 0.408 e. The molecule has 2 saturated heterocycles. The van der Waals surface area contributed by atoms with Gasteiger partial charge in [0.25, 0.3) is 0 Å². The molecule has 2 heterocycles. The Bertz CT molecular complexity index is 2040. The first-order chi connectivity index (χ1) is 28.3. The smallest absolute Gasteiger partial charge is 0.408 e. The van der Waals surface area contributed by atoms with Crippen LogP contribution in [0.1, 0.15) is 52.7 Å². The molecule has 2 bridgehead atoms. The normalized spacial score (nSPS) is 27.2. The number of likely N-dealkylation sites (tertiary alicyclic amines) is 2. The Kier molecular flexibility index (Phi) is 11.3. The molecule has 2 N–H and O–H groups in total. The van der Waals surface area contributed by atoms with Crippen molar-refractivity contribution in [3.05, 3.63) is 83.9 Å². The van der Waals surface area contributed by atoms with Gasteiger partial charge in [-0.05, 0) is 76.3 Å². The summed E-state index contributed by atoms with van der Waals surface area (Å²) >= 11 is 0. The molecule has 60 heavy (non-hydrogen) atoms. The van der Waals surface area contributed by atoms with Crippen LogP contribution in [-0.4, -0.2) is 94.3 Å². The van der Waals surface area contributed by atoms with Gasteiger partial charge in [0.05, 0.1) is 23.7 Å². The van der Waals surface area contributed by atoms with E-state index in [1.165, 1.54) is 0 Å². The van der Waals surface area contributed by atoms with Crippen molar-refractivity contribution in [3.8, 4) is 0 Å². The molecule has 2 saturated carbocycles. The average Bonchev–Trinajstić information content (AvgIpc) is 3.53. The maximum absolute atomic E-state index is 14.0. The van der Waals surface area contributed by atoms with Crippen LogP contribution in [0, 0.1) is 47.3 Å². The molecule has 2 aliphatic heterocycles. The van der Waals surface area contributed by atoms with Gasteiger partial charge in [-0.2, -0.15) is 0 Å². The third-order valence-electron chi connectivity index (χ3n) is 11.7. The second kappa shape index (κ2) is 16.2. The number of rotatable bonds is 12. The lowest BCUT2D eigenvalue weighted by molar-refractivity contribution is -0.166. The van der Waals surface area contributed by atoms with Crippen molar-refractivity contribution < 1.29 is 57.3 Å². The van der Waals surface area contributed by atoms with Crippen molar-refractivity contribution >= 4 is 47.8 Å². The van der Waals surface area contributed by atoms with E-state index >= 15 is 0 Å². The zero-order chi connectivity index (χ0) is 43.3. The third-order valence-corrected chi connectivity index (χ3v) is 11.7. The van der Waals surface area contributed by atoms with Crippen LogP contribution in [0.25, 0.3) is 0 Å². The summed E-state index contributed by atoms with van der Waals surface area (Å²) in [5, 5.41) is 5.08. The highest BCUT2D eigenvalue weighted by Gasteiger charge is 2.75. The summed E-state index contributed by atoms with van der Waals surface area (Å²) in [7, 11) is 0. The van der Waals surface area contributed by atoms with Crippen LogP contribution in [0.3, 0.4) is 0 Å². The van der Waals surface area contributed by atoms with E-state index in [0.29, 0.717) is 0 Å². The molecule has 4 aliphatic carbocycles. The molecule has 2 aromatic carbocycles. The summed E-state index contributed by atoms with van der Waals surface area (Å²) < 4.78 is 21.7. The van der Waals surface area contributed by atoms with E-state index in [4.69, 9.17) is 18.9 Å². The number of amides is 6. The zero-order valence-electron chi connectivity index (χ0n) is 34.3. The summed E-state index contributed by atoms with van der Waals surface area (Å²) in [5.41, 5.74) is -0.225. The zero-order valence-corrected chi connectivity index (χ0v) is 34.3. The van der Waals surface area contributed by atoms with Gasteiger partial charge in [0.15, 0.2) is 13.5 Å². The molecule has 6 amide bonds. The monoisotopic (exact) mass is 826 g/mol. The van der Waals surface area contributed by atoms with Crippen LogP contribution >= 0.6 is 0 Å². The van der Waals surface area contributed by atoms with Crippen LogP contribution < -0.4 is 10.6 Å². The van der Waals surface area contributed by atoms with Gasteiger partial charge in [-0.25, -0.2) is 29.0 Å². The average molecular weight is 827 g/mol. The number of nitrogens with zero attached hydrogens (tertiary/aromatic N) is 2. The lowest BCUT2D eigenvalue weighted by Crippen LogP contribution is -2.63. The lowest BCUT2D eigenvalue weighted by atomic mass is 9.40. The van der Waals surface area contributed by atoms with Crippen LogP contribution in [0.5, 0.6) is 0 Å². The molecule has 0 spiro atoms. The summed E-state index contributed by atoms with van der Waals surface area (Å²) in [6.07, 6.45) is 2.10. The minimum absolute atomic E-state index is 0.0573. The minimum Gasteiger partial charge on any atom is -0.444 e. The van der Waals surface area contributed by atoms with Crippen LogP contribution in [0.15, 0.2) is 72.8 Å². The van der Waals surface area contributed by atoms with Crippen LogP contribution in [-0.2, 0) is 60.6 Å². The van der Waals surface area contributed by atoms with Crippen molar-refractivity contribution in [1.82, 2.24) is 20.4 Å². The topological polar surface area (TPSA) is 204 Å². The molecular formula is C44H50N4O12. The highest BCUT2D eigenvalue weighted by molar-refractivity contribution is 6.09. The molecule has 0 radical (unpaired) electrons. The van der Waals surface area contributed by atoms with E-state index < -0.39 is 132 Å². The summed E-state index contributed by atoms with van der Waals surface area (Å²) in [4.78, 5) is 110. The maximum atomic E-state index is 14.0. The Morgan fingerprint density at radius 3 is 1.22 bits per heavy atom. The van der Waals surface area contributed by atoms with E-state index in [-0.39, 0.29) is 12.8 Å². The van der Waals surface area contributed by atoms with Crippen molar-refractivity contribution in [2.45, 2.75) is 77.7 Å². The number of alkyl carbamates (subject to hydrolysis) is 2. The highest BCUT2D eigenvalue weighted by Crippen LogP contribution is 2.68. The molecule has 16 heteroatoms. The fourth-order valence-corrected chi connectivity index (χ4v) is 9.42. The van der Waals surface area contributed by atoms with Crippen molar-refractivity contribution in [3.63, 3.8) is 0 Å².